The molecule has 0 saturated heterocycles. The number of halogens is 5. The Kier molecular flexibility index (Phi) is 5.95. The Bertz CT molecular complexity index is 338. The Morgan fingerprint density at radius 1 is 1.18 bits per heavy atom. The molecule has 0 amide bonds. The number of alkyl halides is 4. The first-order valence-electron chi connectivity index (χ1n) is 4.92. The monoisotopic (exact) mass is 374 g/mol. The first-order valence-corrected chi connectivity index (χ1v) is 6.63. The molecule has 17 heavy (non-hydrogen) atoms. The van der Waals surface area contributed by atoms with Crippen molar-refractivity contribution in [1.29, 1.82) is 0 Å². The zero-order chi connectivity index (χ0) is 12.9. The average molecular weight is 376 g/mol. The molecule has 0 fully saturated rings. The van der Waals surface area contributed by atoms with E-state index in [1.807, 2.05) is 24.3 Å². The Hall–Kier alpha value is -0.0700. The van der Waals surface area contributed by atoms with Gasteiger partial charge in [-0.3, -0.25) is 0 Å². The highest BCUT2D eigenvalue weighted by molar-refractivity contribution is 9.10. The van der Waals surface area contributed by atoms with Gasteiger partial charge in [0.25, 0.3) is 0 Å². The fourth-order valence-electron chi connectivity index (χ4n) is 1.21. The minimum atomic E-state index is -4.25. The van der Waals surface area contributed by atoms with Gasteiger partial charge in [0.2, 0.25) is 0 Å². The molecule has 1 aromatic rings. The van der Waals surface area contributed by atoms with Crippen LogP contribution in [0.25, 0.3) is 0 Å². The second kappa shape index (κ2) is 6.75. The largest absolute Gasteiger partial charge is 0.411 e. The van der Waals surface area contributed by atoms with Gasteiger partial charge in [0.05, 0.1) is 0 Å². The Morgan fingerprint density at radius 3 is 2.29 bits per heavy atom. The summed E-state index contributed by atoms with van der Waals surface area (Å²) in [6.45, 7) is -1.11. The molecule has 0 aliphatic heterocycles. The maximum absolute atomic E-state index is 11.8. The summed E-state index contributed by atoms with van der Waals surface area (Å²) in [7, 11) is 0. The summed E-state index contributed by atoms with van der Waals surface area (Å²) in [5.74, 6) is 0. The van der Waals surface area contributed by atoms with Crippen LogP contribution in [0.3, 0.4) is 0 Å². The van der Waals surface area contributed by atoms with E-state index in [1.54, 1.807) is 0 Å². The van der Waals surface area contributed by atoms with E-state index < -0.39 is 12.8 Å². The zero-order valence-electron chi connectivity index (χ0n) is 8.81. The lowest BCUT2D eigenvalue weighted by Crippen LogP contribution is -2.17. The second-order valence-electron chi connectivity index (χ2n) is 3.48. The van der Waals surface area contributed by atoms with Crippen molar-refractivity contribution in [2.75, 3.05) is 13.2 Å². The highest BCUT2D eigenvalue weighted by Crippen LogP contribution is 2.27. The molecule has 1 rings (SSSR count). The fraction of sp³-hybridized carbons (Fsp3) is 0.455. The van der Waals surface area contributed by atoms with Gasteiger partial charge in [-0.05, 0) is 24.1 Å². The van der Waals surface area contributed by atoms with Gasteiger partial charge in [0.1, 0.15) is 6.61 Å². The minimum Gasteiger partial charge on any atom is -0.372 e. The normalized spacial score (nSPS) is 13.7. The number of rotatable bonds is 5. The van der Waals surface area contributed by atoms with Gasteiger partial charge in [-0.2, -0.15) is 13.2 Å². The van der Waals surface area contributed by atoms with Crippen LogP contribution in [0.4, 0.5) is 13.2 Å². The van der Waals surface area contributed by atoms with Gasteiger partial charge >= 0.3 is 6.18 Å². The number of ether oxygens (including phenoxy) is 1. The van der Waals surface area contributed by atoms with Gasteiger partial charge in [-0.1, -0.05) is 44.0 Å². The molecule has 1 nitrogen and oxygen atoms in total. The van der Waals surface area contributed by atoms with Gasteiger partial charge in [-0.15, -0.1) is 0 Å². The first-order chi connectivity index (χ1) is 7.88. The number of benzene rings is 1. The van der Waals surface area contributed by atoms with E-state index in [-0.39, 0.29) is 11.4 Å². The highest BCUT2D eigenvalue weighted by atomic mass is 79.9. The van der Waals surface area contributed by atoms with Gasteiger partial charge in [0.15, 0.2) is 0 Å². The van der Waals surface area contributed by atoms with Crippen LogP contribution in [0.15, 0.2) is 28.7 Å². The third-order valence-electron chi connectivity index (χ3n) is 2.01. The average Bonchev–Trinajstić information content (AvgIpc) is 2.24. The summed E-state index contributed by atoms with van der Waals surface area (Å²) in [6.07, 6.45) is -3.75. The molecule has 0 heterocycles. The molecular formula is C11H11Br2F3O. The highest BCUT2D eigenvalue weighted by Gasteiger charge is 2.27. The van der Waals surface area contributed by atoms with Crippen molar-refractivity contribution >= 4 is 31.9 Å². The Balaban J connectivity index is 2.30. The number of hydrogen-bond donors (Lipinski definition) is 0. The lowest BCUT2D eigenvalue weighted by atomic mass is 10.1. The van der Waals surface area contributed by atoms with Gasteiger partial charge < -0.3 is 4.74 Å². The molecule has 96 valence electrons. The van der Waals surface area contributed by atoms with Crippen LogP contribution in [-0.4, -0.2) is 19.4 Å². The van der Waals surface area contributed by atoms with E-state index >= 15 is 0 Å². The third kappa shape index (κ3) is 6.43. The standard InChI is InChI=1S/C11H11Br2F3O/c12-9-3-1-8(2-4-9)10(13)5-6-17-7-11(14,15)16/h1-4,10H,5-7H2. The van der Waals surface area contributed by atoms with E-state index in [0.717, 1.165) is 10.0 Å². The van der Waals surface area contributed by atoms with Gasteiger partial charge in [-0.25, -0.2) is 0 Å². The predicted octanol–water partition coefficient (Wildman–Crippen LogP) is 4.85. The van der Waals surface area contributed by atoms with Crippen LogP contribution in [0, 0.1) is 0 Å². The maximum Gasteiger partial charge on any atom is 0.411 e. The summed E-state index contributed by atoms with van der Waals surface area (Å²) < 4.78 is 40.9. The summed E-state index contributed by atoms with van der Waals surface area (Å²) in [5, 5.41) is 0. The molecule has 0 aliphatic rings. The number of hydrogen-bond acceptors (Lipinski definition) is 1. The predicted molar refractivity (Wildman–Crippen MR) is 67.3 cm³/mol. The quantitative estimate of drug-likeness (QED) is 0.527. The zero-order valence-corrected chi connectivity index (χ0v) is 12.0. The lowest BCUT2D eigenvalue weighted by molar-refractivity contribution is -0.174. The van der Waals surface area contributed by atoms with E-state index in [0.29, 0.717) is 6.42 Å². The van der Waals surface area contributed by atoms with Gasteiger partial charge in [0, 0.05) is 15.9 Å². The summed E-state index contributed by atoms with van der Waals surface area (Å²) in [6, 6.07) is 7.60. The van der Waals surface area contributed by atoms with Crippen molar-refractivity contribution in [3.05, 3.63) is 34.3 Å². The molecule has 0 aliphatic carbocycles. The molecule has 1 unspecified atom stereocenters. The topological polar surface area (TPSA) is 9.23 Å². The van der Waals surface area contributed by atoms with Crippen LogP contribution in [0.1, 0.15) is 16.8 Å². The molecule has 1 aromatic carbocycles. The first kappa shape index (κ1) is 15.0. The summed E-state index contributed by atoms with van der Waals surface area (Å²) in [5.41, 5.74) is 1.02. The fourth-order valence-corrected chi connectivity index (χ4v) is 1.97. The molecule has 1 atom stereocenters. The lowest BCUT2D eigenvalue weighted by Gasteiger charge is -2.11. The Labute approximate surface area is 115 Å². The van der Waals surface area contributed by atoms with Crippen LogP contribution in [0.2, 0.25) is 0 Å². The molecule has 0 spiro atoms. The molecular weight excluding hydrogens is 365 g/mol. The molecule has 0 radical (unpaired) electrons. The van der Waals surface area contributed by atoms with Crippen molar-refractivity contribution in [1.82, 2.24) is 0 Å². The SMILES string of the molecule is FC(F)(F)COCCC(Br)c1ccc(Br)cc1. The summed E-state index contributed by atoms with van der Waals surface area (Å²) >= 11 is 6.73. The van der Waals surface area contributed by atoms with Crippen molar-refractivity contribution in [3.8, 4) is 0 Å². The van der Waals surface area contributed by atoms with Crippen molar-refractivity contribution in [3.63, 3.8) is 0 Å². The van der Waals surface area contributed by atoms with Crippen LogP contribution < -0.4 is 0 Å². The van der Waals surface area contributed by atoms with E-state index in [4.69, 9.17) is 0 Å². The van der Waals surface area contributed by atoms with E-state index in [9.17, 15) is 13.2 Å². The Morgan fingerprint density at radius 2 is 1.76 bits per heavy atom. The second-order valence-corrected chi connectivity index (χ2v) is 5.50. The maximum atomic E-state index is 11.8. The smallest absolute Gasteiger partial charge is 0.372 e. The van der Waals surface area contributed by atoms with Crippen molar-refractivity contribution in [2.45, 2.75) is 17.4 Å². The third-order valence-corrected chi connectivity index (χ3v) is 3.53. The molecule has 0 aromatic heterocycles. The van der Waals surface area contributed by atoms with E-state index in [2.05, 4.69) is 36.6 Å². The molecule has 0 saturated carbocycles. The minimum absolute atomic E-state index is 0.00355. The van der Waals surface area contributed by atoms with Crippen molar-refractivity contribution < 1.29 is 17.9 Å². The molecule has 0 N–H and O–H groups in total. The van der Waals surface area contributed by atoms with E-state index in [1.165, 1.54) is 0 Å². The van der Waals surface area contributed by atoms with Crippen LogP contribution >= 0.6 is 31.9 Å². The molecule has 0 bridgehead atoms. The van der Waals surface area contributed by atoms with Crippen LogP contribution in [0.5, 0.6) is 0 Å². The molecule has 6 heteroatoms. The summed E-state index contributed by atoms with van der Waals surface area (Å²) in [4.78, 5) is 0.00355. The van der Waals surface area contributed by atoms with Crippen LogP contribution in [-0.2, 0) is 4.74 Å². The van der Waals surface area contributed by atoms with Crippen molar-refractivity contribution in [2.24, 2.45) is 0 Å².